The third-order valence-corrected chi connectivity index (χ3v) is 4.87. The highest BCUT2D eigenvalue weighted by Gasteiger charge is 2.25. The molecule has 0 saturated carbocycles. The number of carboxylic acid groups (broad SMARTS) is 4. The molecular weight excluding hydrogens is 542 g/mol. The molecule has 0 amide bonds. The zero-order chi connectivity index (χ0) is 33.5. The minimum Gasteiger partial charge on any atom is -0.480 e. The molecule has 0 aromatic heterocycles. The SMILES string of the molecule is CC(O)C(C)C(=O)C(=O)O.CC(O)C(C)C(=O)C(=O)O.CC(O)C(C)C(N)C(=O)O.CC=O.CCC(=O)C(=O)O. The van der Waals surface area contributed by atoms with Gasteiger partial charge < -0.3 is 46.3 Å². The maximum atomic E-state index is 10.5. The lowest BCUT2D eigenvalue weighted by molar-refractivity contribution is -0.152. The van der Waals surface area contributed by atoms with Gasteiger partial charge in [0.2, 0.25) is 17.3 Å². The van der Waals surface area contributed by atoms with Gasteiger partial charge in [-0.2, -0.15) is 0 Å². The van der Waals surface area contributed by atoms with E-state index in [0.717, 1.165) is 6.29 Å². The van der Waals surface area contributed by atoms with Crippen LogP contribution in [0.5, 0.6) is 0 Å². The maximum absolute atomic E-state index is 10.5. The van der Waals surface area contributed by atoms with Crippen LogP contribution in [0.15, 0.2) is 0 Å². The van der Waals surface area contributed by atoms with Crippen LogP contribution in [-0.2, 0) is 38.4 Å². The number of carboxylic acids is 4. The van der Waals surface area contributed by atoms with E-state index in [1.54, 1.807) is 6.92 Å². The van der Waals surface area contributed by atoms with Crippen molar-refractivity contribution in [3.63, 3.8) is 0 Å². The Balaban J connectivity index is -0.000000133. The molecule has 9 N–H and O–H groups in total. The standard InChI is InChI=1S/C6H13NO3.2C6H10O4.C4H6O3.C2H4O/c1-3(4(2)8)5(7)6(9)10;2*1-3(4(2)7)5(8)6(9)10;1-2-3(5)4(6)7;1-2-3/h3-5,8H,7H2,1-2H3,(H,9,10);2*3-4,7H,1-2H3,(H,9,10);2H2,1H3,(H,6,7);2H,1H3. The molecule has 0 spiro atoms. The molecule has 40 heavy (non-hydrogen) atoms. The van der Waals surface area contributed by atoms with Crippen molar-refractivity contribution < 1.29 is 74.1 Å². The van der Waals surface area contributed by atoms with E-state index < -0.39 is 83.3 Å². The normalized spacial score (nSPS) is 14.6. The fourth-order valence-corrected chi connectivity index (χ4v) is 1.50. The van der Waals surface area contributed by atoms with Gasteiger partial charge in [-0.3, -0.25) is 19.2 Å². The van der Waals surface area contributed by atoms with E-state index in [-0.39, 0.29) is 6.42 Å². The molecule has 0 aromatic carbocycles. The van der Waals surface area contributed by atoms with Gasteiger partial charge in [-0.05, 0) is 27.7 Å². The largest absolute Gasteiger partial charge is 0.480 e. The van der Waals surface area contributed by atoms with Gasteiger partial charge in [-0.1, -0.05) is 27.7 Å². The van der Waals surface area contributed by atoms with Crippen molar-refractivity contribution >= 4 is 47.5 Å². The highest BCUT2D eigenvalue weighted by Crippen LogP contribution is 2.06. The van der Waals surface area contributed by atoms with Crippen molar-refractivity contribution in [1.82, 2.24) is 0 Å². The Morgan fingerprint density at radius 2 is 0.925 bits per heavy atom. The summed E-state index contributed by atoms with van der Waals surface area (Å²) in [5.74, 6) is -10.1. The van der Waals surface area contributed by atoms with Gasteiger partial charge in [-0.15, -0.1) is 0 Å². The maximum Gasteiger partial charge on any atom is 0.372 e. The van der Waals surface area contributed by atoms with Crippen molar-refractivity contribution in [1.29, 1.82) is 0 Å². The van der Waals surface area contributed by atoms with Crippen LogP contribution in [0.25, 0.3) is 0 Å². The summed E-state index contributed by atoms with van der Waals surface area (Å²) in [6.45, 7) is 11.6. The van der Waals surface area contributed by atoms with Gasteiger partial charge in [0.1, 0.15) is 12.3 Å². The molecule has 7 unspecified atom stereocenters. The van der Waals surface area contributed by atoms with Crippen LogP contribution in [0, 0.1) is 17.8 Å². The van der Waals surface area contributed by atoms with E-state index in [1.807, 2.05) is 0 Å². The van der Waals surface area contributed by atoms with Crippen LogP contribution in [-0.4, -0.2) is 108 Å². The molecular formula is C24H43NO15. The topological polar surface area (TPSA) is 304 Å². The van der Waals surface area contributed by atoms with Crippen LogP contribution in [0.1, 0.15) is 61.8 Å². The molecule has 0 aromatic rings. The molecule has 16 heteroatoms. The van der Waals surface area contributed by atoms with Crippen LogP contribution >= 0.6 is 0 Å². The minimum atomic E-state index is -1.49. The number of Topliss-reactive ketones (excluding diaryl/α,β-unsaturated/α-hetero) is 3. The van der Waals surface area contributed by atoms with Crippen LogP contribution in [0.3, 0.4) is 0 Å². The van der Waals surface area contributed by atoms with E-state index in [4.69, 9.17) is 46.3 Å². The second kappa shape index (κ2) is 25.7. The average Bonchev–Trinajstić information content (AvgIpc) is 2.86. The number of aliphatic hydroxyl groups is 3. The molecule has 0 bridgehead atoms. The first kappa shape index (κ1) is 46.3. The van der Waals surface area contributed by atoms with Crippen molar-refractivity contribution in [2.24, 2.45) is 23.5 Å². The summed E-state index contributed by atoms with van der Waals surface area (Å²) >= 11 is 0. The van der Waals surface area contributed by atoms with Gasteiger partial charge in [0.25, 0.3) is 0 Å². The molecule has 234 valence electrons. The number of aldehydes is 1. The smallest absolute Gasteiger partial charge is 0.372 e. The predicted molar refractivity (Wildman–Crippen MR) is 138 cm³/mol. The predicted octanol–water partition coefficient (Wildman–Crippen LogP) is -1.02. The fraction of sp³-hybridized carbons (Fsp3) is 0.667. The zero-order valence-corrected chi connectivity index (χ0v) is 23.8. The molecule has 16 nitrogen and oxygen atoms in total. The molecule has 0 fully saturated rings. The van der Waals surface area contributed by atoms with Gasteiger partial charge in [0, 0.05) is 12.3 Å². The summed E-state index contributed by atoms with van der Waals surface area (Å²) in [5, 5.41) is 58.9. The monoisotopic (exact) mass is 585 g/mol. The highest BCUT2D eigenvalue weighted by molar-refractivity contribution is 6.34. The Morgan fingerprint density at radius 1 is 0.650 bits per heavy atom. The second-order valence-corrected chi connectivity index (χ2v) is 8.18. The van der Waals surface area contributed by atoms with E-state index in [9.17, 15) is 33.6 Å². The summed E-state index contributed by atoms with van der Waals surface area (Å²) in [4.78, 5) is 79.5. The van der Waals surface area contributed by atoms with Crippen molar-refractivity contribution in [3.8, 4) is 0 Å². The number of hydrogen-bond acceptors (Lipinski definition) is 12. The third-order valence-electron chi connectivity index (χ3n) is 4.87. The Bertz CT molecular complexity index is 785. The quantitative estimate of drug-likeness (QED) is 0.106. The van der Waals surface area contributed by atoms with Gasteiger partial charge >= 0.3 is 23.9 Å². The zero-order valence-electron chi connectivity index (χ0n) is 23.8. The summed E-state index contributed by atoms with van der Waals surface area (Å²) < 4.78 is 0. The minimum absolute atomic E-state index is 0.0787. The first-order chi connectivity index (χ1) is 18.0. The van der Waals surface area contributed by atoms with Crippen molar-refractivity contribution in [3.05, 3.63) is 0 Å². The second-order valence-electron chi connectivity index (χ2n) is 8.18. The summed E-state index contributed by atoms with van der Waals surface area (Å²) in [5.41, 5.74) is 5.20. The molecule has 0 radical (unpaired) electrons. The Morgan fingerprint density at radius 3 is 0.975 bits per heavy atom. The highest BCUT2D eigenvalue weighted by atomic mass is 16.4. The number of hydrogen-bond donors (Lipinski definition) is 8. The van der Waals surface area contributed by atoms with E-state index in [1.165, 1.54) is 48.5 Å². The number of nitrogens with two attached hydrogens (primary N) is 1. The number of carbonyl (C=O) groups excluding carboxylic acids is 4. The number of aliphatic hydroxyl groups excluding tert-OH is 3. The van der Waals surface area contributed by atoms with Gasteiger partial charge in [-0.25, -0.2) is 14.4 Å². The molecule has 0 aliphatic rings. The van der Waals surface area contributed by atoms with Crippen LogP contribution in [0.2, 0.25) is 0 Å². The Hall–Kier alpha value is -3.60. The Labute approximate surface area is 231 Å². The number of aliphatic carboxylic acids is 4. The molecule has 0 heterocycles. The lowest BCUT2D eigenvalue weighted by Gasteiger charge is -2.17. The lowest BCUT2D eigenvalue weighted by Crippen LogP contribution is -2.41. The Kier molecular flexibility index (Phi) is 29.7. The molecule has 7 atom stereocenters. The summed E-state index contributed by atoms with van der Waals surface area (Å²) in [7, 11) is 0. The number of rotatable bonds is 11. The number of carbonyl (C=O) groups is 8. The first-order valence-corrected chi connectivity index (χ1v) is 11.7. The molecule has 0 saturated heterocycles. The first-order valence-electron chi connectivity index (χ1n) is 11.7. The summed E-state index contributed by atoms with van der Waals surface area (Å²) in [6, 6.07) is -0.972. The van der Waals surface area contributed by atoms with Crippen LogP contribution < -0.4 is 5.73 Å². The van der Waals surface area contributed by atoms with E-state index in [2.05, 4.69) is 0 Å². The van der Waals surface area contributed by atoms with Gasteiger partial charge in [0.15, 0.2) is 0 Å². The lowest BCUT2D eigenvalue weighted by atomic mass is 9.98. The average molecular weight is 586 g/mol. The summed E-state index contributed by atoms with van der Waals surface area (Å²) in [6.07, 6.45) is -1.65. The van der Waals surface area contributed by atoms with E-state index in [0.29, 0.717) is 0 Å². The molecule has 0 aliphatic heterocycles. The van der Waals surface area contributed by atoms with Crippen LogP contribution in [0.4, 0.5) is 0 Å². The van der Waals surface area contributed by atoms with Crippen molar-refractivity contribution in [2.75, 3.05) is 0 Å². The van der Waals surface area contributed by atoms with Crippen molar-refractivity contribution in [2.45, 2.75) is 86.2 Å². The molecule has 0 aliphatic carbocycles. The number of ketones is 3. The van der Waals surface area contributed by atoms with Gasteiger partial charge in [0.05, 0.1) is 30.1 Å². The van der Waals surface area contributed by atoms with E-state index >= 15 is 0 Å². The molecule has 0 rings (SSSR count). The third kappa shape index (κ3) is 26.0. The fourth-order valence-electron chi connectivity index (χ4n) is 1.50.